The molecule has 0 spiro atoms. The number of alkyl halides is 6. The lowest BCUT2D eigenvalue weighted by Gasteiger charge is -2.25. The number of anilines is 1. The van der Waals surface area contributed by atoms with Crippen molar-refractivity contribution in [1.29, 1.82) is 0 Å². The van der Waals surface area contributed by atoms with Crippen molar-refractivity contribution in [2.24, 2.45) is 0 Å². The summed E-state index contributed by atoms with van der Waals surface area (Å²) >= 11 is 0. The van der Waals surface area contributed by atoms with Crippen LogP contribution in [0.2, 0.25) is 0 Å². The van der Waals surface area contributed by atoms with Gasteiger partial charge in [-0.2, -0.15) is 26.3 Å². The number of rotatable bonds is 7. The molecule has 0 aliphatic carbocycles. The number of hydrogen-bond acceptors (Lipinski definition) is 7. The van der Waals surface area contributed by atoms with Crippen molar-refractivity contribution in [3.8, 4) is 28.0 Å². The molecule has 4 aromatic rings. The normalized spacial score (nSPS) is 19.0. The Morgan fingerprint density at radius 1 is 0.940 bits per heavy atom. The van der Waals surface area contributed by atoms with Crippen LogP contribution in [0.5, 0.6) is 5.75 Å². The van der Waals surface area contributed by atoms with Crippen LogP contribution >= 0.6 is 0 Å². The average molecular weight is 701 g/mol. The first-order valence-electron chi connectivity index (χ1n) is 15.3. The fourth-order valence-corrected chi connectivity index (χ4v) is 6.62. The molecule has 2 fully saturated rings. The SMILES string of the molecule is COc1ccc(-c2ccc(C(=O)O)cc2C)cc1-c1cnc(N(C)C)nc1[C@@H]1CCC2[C@@H](c3cc(C(F)(F)F)cc(C(F)(F)F)c3)OC(=O)N21. The summed E-state index contributed by atoms with van der Waals surface area (Å²) in [6.45, 7) is 1.78. The van der Waals surface area contributed by atoms with E-state index in [4.69, 9.17) is 14.5 Å². The van der Waals surface area contributed by atoms with Crippen LogP contribution in [0.1, 0.15) is 63.3 Å². The lowest BCUT2D eigenvalue weighted by Crippen LogP contribution is -2.31. The molecule has 1 unspecified atom stereocenters. The van der Waals surface area contributed by atoms with Crippen molar-refractivity contribution in [1.82, 2.24) is 14.9 Å². The smallest absolute Gasteiger partial charge is 0.416 e. The van der Waals surface area contributed by atoms with E-state index >= 15 is 0 Å². The van der Waals surface area contributed by atoms with Gasteiger partial charge in [-0.3, -0.25) is 4.90 Å². The summed E-state index contributed by atoms with van der Waals surface area (Å²) in [7, 11) is 4.90. The van der Waals surface area contributed by atoms with Crippen LogP contribution in [0, 0.1) is 6.92 Å². The van der Waals surface area contributed by atoms with E-state index in [1.165, 1.54) is 18.1 Å². The molecule has 3 aromatic carbocycles. The van der Waals surface area contributed by atoms with Gasteiger partial charge in [-0.25, -0.2) is 19.6 Å². The molecule has 262 valence electrons. The summed E-state index contributed by atoms with van der Waals surface area (Å²) in [5, 5.41) is 9.42. The number of nitrogens with zero attached hydrogens (tertiary/aromatic N) is 4. The summed E-state index contributed by atoms with van der Waals surface area (Å²) in [5.74, 6) is -0.348. The van der Waals surface area contributed by atoms with Gasteiger partial charge in [0.1, 0.15) is 11.9 Å². The zero-order valence-corrected chi connectivity index (χ0v) is 27.1. The first-order chi connectivity index (χ1) is 23.5. The largest absolute Gasteiger partial charge is 0.496 e. The molecule has 1 aromatic heterocycles. The number of fused-ring (bicyclic) bond motifs is 1. The number of amides is 1. The Morgan fingerprint density at radius 2 is 1.62 bits per heavy atom. The van der Waals surface area contributed by atoms with Gasteiger partial charge in [-0.05, 0) is 84.5 Å². The Kier molecular flexibility index (Phi) is 8.64. The van der Waals surface area contributed by atoms with Gasteiger partial charge >= 0.3 is 24.4 Å². The molecule has 2 aliphatic heterocycles. The van der Waals surface area contributed by atoms with Crippen LogP contribution in [0.4, 0.5) is 37.1 Å². The molecule has 3 atom stereocenters. The van der Waals surface area contributed by atoms with Crippen LogP contribution in [-0.2, 0) is 17.1 Å². The van der Waals surface area contributed by atoms with E-state index in [1.54, 1.807) is 56.4 Å². The van der Waals surface area contributed by atoms with Crippen LogP contribution in [0.15, 0.2) is 60.8 Å². The molecule has 2 aliphatic rings. The number of cyclic esters (lactones) is 1. The van der Waals surface area contributed by atoms with Crippen molar-refractivity contribution in [3.63, 3.8) is 0 Å². The lowest BCUT2D eigenvalue weighted by molar-refractivity contribution is -0.143. The topological polar surface area (TPSA) is 105 Å². The zero-order valence-electron chi connectivity index (χ0n) is 27.1. The molecule has 0 bridgehead atoms. The lowest BCUT2D eigenvalue weighted by atomic mass is 9.93. The molecule has 3 heterocycles. The second kappa shape index (κ2) is 12.5. The minimum absolute atomic E-state index is 0.0367. The maximum absolute atomic E-state index is 13.7. The fraction of sp³-hybridized carbons (Fsp3) is 0.314. The Morgan fingerprint density at radius 3 is 2.20 bits per heavy atom. The number of hydrogen-bond donors (Lipinski definition) is 1. The minimum atomic E-state index is -5.07. The molecular weight excluding hydrogens is 670 g/mol. The molecule has 0 radical (unpaired) electrons. The quantitative estimate of drug-likeness (QED) is 0.192. The Bertz CT molecular complexity index is 1970. The molecule has 9 nitrogen and oxygen atoms in total. The first kappa shape index (κ1) is 34.5. The van der Waals surface area contributed by atoms with Gasteiger partial charge in [-0.15, -0.1) is 0 Å². The van der Waals surface area contributed by atoms with Crippen molar-refractivity contribution in [3.05, 3.63) is 94.3 Å². The van der Waals surface area contributed by atoms with E-state index in [0.717, 1.165) is 5.56 Å². The summed E-state index contributed by atoms with van der Waals surface area (Å²) in [6, 6.07) is 9.63. The van der Waals surface area contributed by atoms with E-state index in [2.05, 4.69) is 4.98 Å². The van der Waals surface area contributed by atoms with Gasteiger partial charge in [0.05, 0.1) is 41.6 Å². The highest BCUT2D eigenvalue weighted by Gasteiger charge is 2.52. The second-order valence-corrected chi connectivity index (χ2v) is 12.3. The summed E-state index contributed by atoms with van der Waals surface area (Å²) in [6.07, 6.45) is -10.4. The Balaban J connectivity index is 1.44. The highest BCUT2D eigenvalue weighted by molar-refractivity contribution is 5.89. The van der Waals surface area contributed by atoms with Crippen LogP contribution < -0.4 is 9.64 Å². The van der Waals surface area contributed by atoms with E-state index in [9.17, 15) is 41.0 Å². The third-order valence-corrected chi connectivity index (χ3v) is 8.95. The van der Waals surface area contributed by atoms with Crippen LogP contribution in [0.25, 0.3) is 22.3 Å². The molecule has 2 saturated heterocycles. The number of aryl methyl sites for hydroxylation is 1. The van der Waals surface area contributed by atoms with Gasteiger partial charge in [0.25, 0.3) is 0 Å². The van der Waals surface area contributed by atoms with Gasteiger partial charge < -0.3 is 19.5 Å². The molecule has 15 heteroatoms. The van der Waals surface area contributed by atoms with Gasteiger partial charge in [0.2, 0.25) is 5.95 Å². The first-order valence-corrected chi connectivity index (χ1v) is 15.3. The van der Waals surface area contributed by atoms with E-state index in [0.29, 0.717) is 51.8 Å². The number of carboxylic acids is 1. The number of carboxylic acid groups (broad SMARTS) is 1. The molecule has 50 heavy (non-hydrogen) atoms. The highest BCUT2D eigenvalue weighted by atomic mass is 19.4. The number of halogens is 6. The maximum Gasteiger partial charge on any atom is 0.416 e. The number of benzene rings is 3. The number of aromatic carboxylic acids is 1. The number of carbonyl (C=O) groups is 2. The fourth-order valence-electron chi connectivity index (χ4n) is 6.62. The monoisotopic (exact) mass is 700 g/mol. The number of methoxy groups -OCH3 is 1. The predicted molar refractivity (Wildman–Crippen MR) is 169 cm³/mol. The number of carbonyl (C=O) groups excluding carboxylic acids is 1. The summed E-state index contributed by atoms with van der Waals surface area (Å²) in [4.78, 5) is 37.2. The number of aromatic nitrogens is 2. The zero-order chi connectivity index (χ0) is 36.3. The molecular formula is C35H30F6N4O5. The third kappa shape index (κ3) is 6.27. The predicted octanol–water partition coefficient (Wildman–Crippen LogP) is 8.33. The molecule has 6 rings (SSSR count). The van der Waals surface area contributed by atoms with Gasteiger partial charge in [0.15, 0.2) is 0 Å². The average Bonchev–Trinajstić information content (AvgIpc) is 3.64. The Hall–Kier alpha value is -5.34. The van der Waals surface area contributed by atoms with Crippen LogP contribution in [-0.4, -0.2) is 59.3 Å². The van der Waals surface area contributed by atoms with Gasteiger partial charge in [0, 0.05) is 31.4 Å². The minimum Gasteiger partial charge on any atom is -0.496 e. The second-order valence-electron chi connectivity index (χ2n) is 12.3. The van der Waals surface area contributed by atoms with Crippen molar-refractivity contribution in [2.75, 3.05) is 26.1 Å². The molecule has 1 N–H and O–H groups in total. The molecule has 1 amide bonds. The maximum atomic E-state index is 13.7. The highest BCUT2D eigenvalue weighted by Crippen LogP contribution is 2.50. The third-order valence-electron chi connectivity index (χ3n) is 8.95. The number of ether oxygens (including phenoxy) is 2. The van der Waals surface area contributed by atoms with Crippen molar-refractivity contribution >= 4 is 18.0 Å². The Labute approximate surface area is 282 Å². The van der Waals surface area contributed by atoms with Crippen molar-refractivity contribution in [2.45, 2.75) is 50.3 Å². The standard InChI is InChI=1S/C35H30F6N4O5/c1-17-11-19(31(46)47)5-7-23(17)18-6-10-28(49-4)24(14-18)25-16-42-32(44(2)3)43-29(25)26-8-9-27-30(50-33(48)45(26)27)20-12-21(34(36,37)38)15-22(13-20)35(39,40)41/h5-7,10-16,26-27,30H,8-9H2,1-4H3,(H,46,47)/t26-,27?,30+/m0/s1. The van der Waals surface area contributed by atoms with Crippen LogP contribution in [0.3, 0.4) is 0 Å². The van der Waals surface area contributed by atoms with E-state index in [1.807, 2.05) is 6.07 Å². The summed E-state index contributed by atoms with van der Waals surface area (Å²) in [5.41, 5.74) is 0.253. The molecule has 0 saturated carbocycles. The summed E-state index contributed by atoms with van der Waals surface area (Å²) < 4.78 is 93.4. The van der Waals surface area contributed by atoms with Gasteiger partial charge in [-0.1, -0.05) is 12.1 Å². The van der Waals surface area contributed by atoms with E-state index in [-0.39, 0.29) is 24.5 Å². The van der Waals surface area contributed by atoms with Crippen molar-refractivity contribution < 1.29 is 50.5 Å². The van der Waals surface area contributed by atoms with E-state index < -0.39 is 59.3 Å².